The minimum Gasteiger partial charge on any atom is -0.393 e. The molecule has 7 nitrogen and oxygen atoms in total. The van der Waals surface area contributed by atoms with Crippen LogP contribution in [0.5, 0.6) is 0 Å². The van der Waals surface area contributed by atoms with Crippen LogP contribution in [0.25, 0.3) is 16.6 Å². The molecular weight excluding hydrogens is 352 g/mol. The first-order valence-electron chi connectivity index (χ1n) is 8.03. The number of rotatable bonds is 7. The van der Waals surface area contributed by atoms with E-state index < -0.39 is 0 Å². The number of fused-ring (bicyclic) bond motifs is 1. The van der Waals surface area contributed by atoms with E-state index in [1.807, 2.05) is 18.3 Å². The molecule has 0 amide bonds. The molecule has 0 aliphatic heterocycles. The summed E-state index contributed by atoms with van der Waals surface area (Å²) in [7, 11) is 3.44. The Morgan fingerprint density at radius 3 is 2.92 bits per heavy atom. The molecule has 0 bridgehead atoms. The maximum absolute atomic E-state index is 8.60. The van der Waals surface area contributed by atoms with Gasteiger partial charge in [0.1, 0.15) is 5.15 Å². The van der Waals surface area contributed by atoms with Gasteiger partial charge in [-0.3, -0.25) is 15.1 Å². The minimum atomic E-state index is 0.339. The van der Waals surface area contributed by atoms with Gasteiger partial charge in [0.25, 0.3) is 0 Å². The van der Waals surface area contributed by atoms with Crippen molar-refractivity contribution in [2.24, 2.45) is 0 Å². The first-order valence-corrected chi connectivity index (χ1v) is 8.41. The van der Waals surface area contributed by atoms with E-state index in [0.29, 0.717) is 40.7 Å². The second-order valence-corrected chi connectivity index (χ2v) is 5.99. The zero-order valence-electron chi connectivity index (χ0n) is 14.5. The first-order chi connectivity index (χ1) is 12.6. The SMILES string of the molecule is CN/C=C(\C(=N)c1cnn(CCOC)c1)c1cnc2ccc(Cl)nc2c1. The fraction of sp³-hybridized carbons (Fsp3) is 0.222. The molecule has 3 heterocycles. The average Bonchev–Trinajstić information content (AvgIpc) is 3.12. The number of halogens is 1. The molecule has 0 radical (unpaired) electrons. The van der Waals surface area contributed by atoms with Crippen molar-refractivity contribution in [3.8, 4) is 0 Å². The van der Waals surface area contributed by atoms with Crippen LogP contribution in [0, 0.1) is 5.41 Å². The lowest BCUT2D eigenvalue weighted by Crippen LogP contribution is -2.08. The summed E-state index contributed by atoms with van der Waals surface area (Å²) in [6.45, 7) is 1.20. The zero-order chi connectivity index (χ0) is 18.5. The van der Waals surface area contributed by atoms with Crippen molar-refractivity contribution < 1.29 is 4.74 Å². The quantitative estimate of drug-likeness (QED) is 0.493. The molecule has 26 heavy (non-hydrogen) atoms. The van der Waals surface area contributed by atoms with Gasteiger partial charge in [0.2, 0.25) is 0 Å². The van der Waals surface area contributed by atoms with Crippen LogP contribution >= 0.6 is 11.6 Å². The molecule has 0 aliphatic rings. The molecule has 0 fully saturated rings. The van der Waals surface area contributed by atoms with Gasteiger partial charge < -0.3 is 10.1 Å². The molecule has 0 spiro atoms. The lowest BCUT2D eigenvalue weighted by atomic mass is 9.99. The standard InChI is InChI=1S/C18H19ClN6O/c1-21-10-14(18(20)13-9-23-25(11-13)5-6-26-2)12-7-16-15(22-8-12)3-4-17(19)24-16/h3-4,7-11,20-21H,5-6H2,1-2H3/b14-10-,20-18?. The second kappa shape index (κ2) is 8.07. The predicted molar refractivity (Wildman–Crippen MR) is 103 cm³/mol. The lowest BCUT2D eigenvalue weighted by molar-refractivity contribution is 0.183. The molecule has 0 aromatic carbocycles. The summed E-state index contributed by atoms with van der Waals surface area (Å²) in [4.78, 5) is 8.73. The van der Waals surface area contributed by atoms with Crippen molar-refractivity contribution >= 4 is 33.9 Å². The third kappa shape index (κ3) is 3.89. The molecule has 3 aromatic heterocycles. The van der Waals surface area contributed by atoms with Gasteiger partial charge in [-0.2, -0.15) is 5.10 Å². The molecule has 134 valence electrons. The van der Waals surface area contributed by atoms with Crippen molar-refractivity contribution in [1.82, 2.24) is 25.1 Å². The van der Waals surface area contributed by atoms with Crippen LogP contribution in [0.3, 0.4) is 0 Å². The normalized spacial score (nSPS) is 11.7. The molecule has 8 heteroatoms. The van der Waals surface area contributed by atoms with E-state index in [-0.39, 0.29) is 0 Å². The number of allylic oxidation sites excluding steroid dienone is 1. The zero-order valence-corrected chi connectivity index (χ0v) is 15.3. The van der Waals surface area contributed by atoms with Crippen LogP contribution in [0.1, 0.15) is 11.1 Å². The Kier molecular flexibility index (Phi) is 5.60. The Morgan fingerprint density at radius 2 is 2.15 bits per heavy atom. The highest BCUT2D eigenvalue weighted by molar-refractivity contribution is 6.30. The molecule has 0 atom stereocenters. The summed E-state index contributed by atoms with van der Waals surface area (Å²) in [5, 5.41) is 16.3. The summed E-state index contributed by atoms with van der Waals surface area (Å²) in [6.07, 6.45) is 6.99. The number of ether oxygens (including phenoxy) is 1. The van der Waals surface area contributed by atoms with Crippen LogP contribution < -0.4 is 5.32 Å². The monoisotopic (exact) mass is 370 g/mol. The van der Waals surface area contributed by atoms with Crippen molar-refractivity contribution in [2.75, 3.05) is 20.8 Å². The van der Waals surface area contributed by atoms with Gasteiger partial charge in [-0.1, -0.05) is 11.6 Å². The van der Waals surface area contributed by atoms with Gasteiger partial charge in [0, 0.05) is 49.5 Å². The number of pyridine rings is 2. The number of hydrogen-bond donors (Lipinski definition) is 2. The highest BCUT2D eigenvalue weighted by Crippen LogP contribution is 2.22. The van der Waals surface area contributed by atoms with Crippen LogP contribution in [0.15, 0.2) is 43.0 Å². The highest BCUT2D eigenvalue weighted by Gasteiger charge is 2.14. The molecule has 3 rings (SSSR count). The van der Waals surface area contributed by atoms with E-state index in [4.69, 9.17) is 21.7 Å². The van der Waals surface area contributed by atoms with Gasteiger partial charge in [-0.25, -0.2) is 4.98 Å². The van der Waals surface area contributed by atoms with Gasteiger partial charge in [-0.15, -0.1) is 0 Å². The summed E-state index contributed by atoms with van der Waals surface area (Å²) in [6, 6.07) is 5.40. The van der Waals surface area contributed by atoms with Gasteiger partial charge >= 0.3 is 0 Å². The first kappa shape index (κ1) is 18.0. The summed E-state index contributed by atoms with van der Waals surface area (Å²) in [5.74, 6) is 0. The summed E-state index contributed by atoms with van der Waals surface area (Å²) in [5.41, 5.74) is 3.95. The predicted octanol–water partition coefficient (Wildman–Crippen LogP) is 2.75. The number of aromatic nitrogens is 4. The van der Waals surface area contributed by atoms with Gasteiger partial charge in [-0.05, 0) is 18.2 Å². The lowest BCUT2D eigenvalue weighted by Gasteiger charge is -2.09. The van der Waals surface area contributed by atoms with Crippen LogP contribution in [-0.2, 0) is 11.3 Å². The number of methoxy groups -OCH3 is 1. The van der Waals surface area contributed by atoms with Gasteiger partial charge in [0.15, 0.2) is 0 Å². The number of hydrogen-bond acceptors (Lipinski definition) is 6. The third-order valence-corrected chi connectivity index (χ3v) is 4.03. The second-order valence-electron chi connectivity index (χ2n) is 5.60. The van der Waals surface area contributed by atoms with E-state index in [0.717, 1.165) is 11.1 Å². The topological polar surface area (TPSA) is 88.7 Å². The molecule has 3 aromatic rings. The summed E-state index contributed by atoms with van der Waals surface area (Å²) < 4.78 is 6.81. The van der Waals surface area contributed by atoms with E-state index >= 15 is 0 Å². The van der Waals surface area contributed by atoms with Crippen molar-refractivity contribution in [3.05, 3.63) is 59.3 Å². The minimum absolute atomic E-state index is 0.339. The molecule has 2 N–H and O–H groups in total. The van der Waals surface area contributed by atoms with E-state index in [1.165, 1.54) is 0 Å². The van der Waals surface area contributed by atoms with Crippen LogP contribution in [0.4, 0.5) is 0 Å². The Labute approximate surface area is 156 Å². The highest BCUT2D eigenvalue weighted by atomic mass is 35.5. The third-order valence-electron chi connectivity index (χ3n) is 3.82. The van der Waals surface area contributed by atoms with Crippen LogP contribution in [0.2, 0.25) is 5.15 Å². The van der Waals surface area contributed by atoms with Crippen LogP contribution in [-0.4, -0.2) is 46.2 Å². The van der Waals surface area contributed by atoms with E-state index in [9.17, 15) is 0 Å². The number of nitrogens with zero attached hydrogens (tertiary/aromatic N) is 4. The summed E-state index contributed by atoms with van der Waals surface area (Å²) >= 11 is 5.99. The molecule has 0 unspecified atom stereocenters. The average molecular weight is 371 g/mol. The Bertz CT molecular complexity index is 965. The Morgan fingerprint density at radius 1 is 1.31 bits per heavy atom. The van der Waals surface area contributed by atoms with Gasteiger partial charge in [0.05, 0.1) is 36.1 Å². The maximum Gasteiger partial charge on any atom is 0.129 e. The number of nitrogens with one attached hydrogen (secondary N) is 2. The van der Waals surface area contributed by atoms with E-state index in [1.54, 1.807) is 43.5 Å². The largest absolute Gasteiger partial charge is 0.393 e. The van der Waals surface area contributed by atoms with Crippen molar-refractivity contribution in [1.29, 1.82) is 5.41 Å². The molecular formula is C18H19ClN6O. The van der Waals surface area contributed by atoms with E-state index in [2.05, 4.69) is 20.4 Å². The van der Waals surface area contributed by atoms with Crippen molar-refractivity contribution in [2.45, 2.75) is 6.54 Å². The Hall–Kier alpha value is -2.77. The molecule has 0 saturated heterocycles. The van der Waals surface area contributed by atoms with Crippen molar-refractivity contribution in [3.63, 3.8) is 0 Å². The maximum atomic E-state index is 8.60. The fourth-order valence-electron chi connectivity index (χ4n) is 2.53. The smallest absolute Gasteiger partial charge is 0.129 e. The Balaban J connectivity index is 1.95. The molecule has 0 saturated carbocycles. The fourth-order valence-corrected chi connectivity index (χ4v) is 2.68. The molecule has 0 aliphatic carbocycles.